The molecule has 74 valence electrons. The molecule has 1 atom stereocenters. The Morgan fingerprint density at radius 3 is 2.08 bits per heavy atom. The van der Waals surface area contributed by atoms with Crippen LogP contribution in [0.3, 0.4) is 0 Å². The highest BCUT2D eigenvalue weighted by Crippen LogP contribution is 2.05. The summed E-state index contributed by atoms with van der Waals surface area (Å²) in [6.07, 6.45) is 1.52. The minimum Gasteiger partial charge on any atom is -0.377 e. The average Bonchev–Trinajstić information content (AvgIpc) is 1.97. The van der Waals surface area contributed by atoms with Crippen molar-refractivity contribution >= 4 is 0 Å². The third-order valence-corrected chi connectivity index (χ3v) is 1.79. The molecule has 0 saturated carbocycles. The molecule has 0 spiro atoms. The number of hydrogen-bond donors (Lipinski definition) is 1. The molecule has 0 heterocycles. The van der Waals surface area contributed by atoms with E-state index >= 15 is 0 Å². The van der Waals surface area contributed by atoms with E-state index in [-0.39, 0.29) is 0 Å². The van der Waals surface area contributed by atoms with E-state index in [1.54, 1.807) is 0 Å². The summed E-state index contributed by atoms with van der Waals surface area (Å²) < 4.78 is 5.53. The van der Waals surface area contributed by atoms with Crippen LogP contribution in [0.15, 0.2) is 0 Å². The van der Waals surface area contributed by atoms with E-state index in [0.29, 0.717) is 12.1 Å². The van der Waals surface area contributed by atoms with Crippen LogP contribution in [-0.2, 0) is 4.74 Å². The average molecular weight is 173 g/mol. The zero-order valence-electron chi connectivity index (χ0n) is 9.05. The molecule has 0 bridgehead atoms. The molecule has 0 rings (SSSR count). The van der Waals surface area contributed by atoms with Gasteiger partial charge in [-0.2, -0.15) is 0 Å². The van der Waals surface area contributed by atoms with E-state index < -0.39 is 0 Å². The number of ether oxygens (including phenoxy) is 1. The van der Waals surface area contributed by atoms with Crippen molar-refractivity contribution in [1.82, 2.24) is 5.32 Å². The minimum atomic E-state index is 0.341. The number of rotatable bonds is 6. The Morgan fingerprint density at radius 1 is 1.17 bits per heavy atom. The second-order valence-electron chi connectivity index (χ2n) is 4.00. The smallest absolute Gasteiger partial charge is 0.0623 e. The molecule has 12 heavy (non-hydrogen) atoms. The third-order valence-electron chi connectivity index (χ3n) is 1.79. The van der Waals surface area contributed by atoms with E-state index in [1.165, 1.54) is 6.42 Å². The van der Waals surface area contributed by atoms with Crippen LogP contribution in [-0.4, -0.2) is 25.8 Å². The summed E-state index contributed by atoms with van der Waals surface area (Å²) in [4.78, 5) is 0. The standard InChI is InChI=1S/C10H23NO/c1-8(2)6-10(11-5)7-12-9(3)4/h8-11H,6-7H2,1-5H3/t10-/m0/s1. The fourth-order valence-corrected chi connectivity index (χ4v) is 1.15. The van der Waals surface area contributed by atoms with Crippen LogP contribution >= 0.6 is 0 Å². The monoisotopic (exact) mass is 173 g/mol. The Hall–Kier alpha value is -0.0800. The highest BCUT2D eigenvalue weighted by atomic mass is 16.5. The third kappa shape index (κ3) is 6.62. The van der Waals surface area contributed by atoms with Crippen molar-refractivity contribution in [2.24, 2.45) is 5.92 Å². The van der Waals surface area contributed by atoms with Crippen LogP contribution in [0.1, 0.15) is 34.1 Å². The zero-order valence-corrected chi connectivity index (χ0v) is 9.05. The van der Waals surface area contributed by atoms with Crippen LogP contribution in [0, 0.1) is 5.92 Å². The van der Waals surface area contributed by atoms with E-state index in [0.717, 1.165) is 12.5 Å². The summed E-state index contributed by atoms with van der Waals surface area (Å²) >= 11 is 0. The Kier molecular flexibility index (Phi) is 6.39. The van der Waals surface area contributed by atoms with Gasteiger partial charge >= 0.3 is 0 Å². The fraction of sp³-hybridized carbons (Fsp3) is 1.00. The molecule has 0 aromatic heterocycles. The highest BCUT2D eigenvalue weighted by molar-refractivity contribution is 4.65. The van der Waals surface area contributed by atoms with Crippen molar-refractivity contribution in [3.05, 3.63) is 0 Å². The molecule has 0 radical (unpaired) electrons. The number of nitrogens with one attached hydrogen (secondary N) is 1. The van der Waals surface area contributed by atoms with Crippen molar-refractivity contribution in [3.8, 4) is 0 Å². The summed E-state index contributed by atoms with van der Waals surface area (Å²) in [5.41, 5.74) is 0. The maximum Gasteiger partial charge on any atom is 0.0623 e. The predicted molar refractivity (Wildman–Crippen MR) is 53.4 cm³/mol. The van der Waals surface area contributed by atoms with Gasteiger partial charge in [-0.05, 0) is 33.2 Å². The summed E-state index contributed by atoms with van der Waals surface area (Å²) in [6, 6.07) is 0.507. The van der Waals surface area contributed by atoms with Gasteiger partial charge in [0.2, 0.25) is 0 Å². The Balaban J connectivity index is 3.53. The highest BCUT2D eigenvalue weighted by Gasteiger charge is 2.08. The molecule has 0 amide bonds. The summed E-state index contributed by atoms with van der Waals surface area (Å²) in [5, 5.41) is 3.26. The molecular weight excluding hydrogens is 150 g/mol. The van der Waals surface area contributed by atoms with Gasteiger partial charge in [0.1, 0.15) is 0 Å². The van der Waals surface area contributed by atoms with Crippen molar-refractivity contribution in [2.75, 3.05) is 13.7 Å². The van der Waals surface area contributed by atoms with Crippen molar-refractivity contribution in [2.45, 2.75) is 46.3 Å². The molecule has 2 nitrogen and oxygen atoms in total. The van der Waals surface area contributed by atoms with Gasteiger partial charge in [0, 0.05) is 6.04 Å². The van der Waals surface area contributed by atoms with Gasteiger partial charge in [0.25, 0.3) is 0 Å². The lowest BCUT2D eigenvalue weighted by Gasteiger charge is -2.19. The molecule has 2 heteroatoms. The second kappa shape index (κ2) is 6.44. The van der Waals surface area contributed by atoms with E-state index in [1.807, 2.05) is 7.05 Å². The fourth-order valence-electron chi connectivity index (χ4n) is 1.15. The Morgan fingerprint density at radius 2 is 1.75 bits per heavy atom. The zero-order chi connectivity index (χ0) is 9.56. The first kappa shape index (κ1) is 11.9. The number of likely N-dealkylation sites (N-methyl/N-ethyl adjacent to an activating group) is 1. The van der Waals surface area contributed by atoms with Gasteiger partial charge in [-0.3, -0.25) is 0 Å². The van der Waals surface area contributed by atoms with Crippen molar-refractivity contribution < 1.29 is 4.74 Å². The molecular formula is C10H23NO. The van der Waals surface area contributed by atoms with Gasteiger partial charge in [0.05, 0.1) is 12.7 Å². The maximum absolute atomic E-state index is 5.53. The Labute approximate surface area is 76.7 Å². The van der Waals surface area contributed by atoms with Crippen LogP contribution in [0.4, 0.5) is 0 Å². The van der Waals surface area contributed by atoms with E-state index in [4.69, 9.17) is 4.74 Å². The number of hydrogen-bond acceptors (Lipinski definition) is 2. The van der Waals surface area contributed by atoms with Gasteiger partial charge in [0.15, 0.2) is 0 Å². The van der Waals surface area contributed by atoms with Gasteiger partial charge < -0.3 is 10.1 Å². The Bertz CT molecular complexity index is 102. The minimum absolute atomic E-state index is 0.341. The van der Waals surface area contributed by atoms with E-state index in [2.05, 4.69) is 33.0 Å². The molecule has 0 saturated heterocycles. The summed E-state index contributed by atoms with van der Waals surface area (Å²) in [7, 11) is 2.00. The van der Waals surface area contributed by atoms with Crippen LogP contribution in [0.5, 0.6) is 0 Å². The molecule has 1 N–H and O–H groups in total. The van der Waals surface area contributed by atoms with Crippen LogP contribution in [0.2, 0.25) is 0 Å². The SMILES string of the molecule is CN[C@H](COC(C)C)CC(C)C. The predicted octanol–water partition coefficient (Wildman–Crippen LogP) is 2.05. The quantitative estimate of drug-likeness (QED) is 0.663. The first-order chi connectivity index (χ1) is 5.56. The largest absolute Gasteiger partial charge is 0.377 e. The summed E-state index contributed by atoms with van der Waals surface area (Å²) in [6.45, 7) is 9.44. The molecule has 0 aliphatic carbocycles. The molecule has 0 aromatic carbocycles. The lowest BCUT2D eigenvalue weighted by atomic mass is 10.0. The van der Waals surface area contributed by atoms with Crippen molar-refractivity contribution in [1.29, 1.82) is 0 Å². The molecule has 0 aromatic rings. The van der Waals surface area contributed by atoms with Crippen LogP contribution in [0.25, 0.3) is 0 Å². The first-order valence-electron chi connectivity index (χ1n) is 4.85. The molecule has 0 aliphatic rings. The maximum atomic E-state index is 5.53. The second-order valence-corrected chi connectivity index (χ2v) is 4.00. The molecule has 0 unspecified atom stereocenters. The topological polar surface area (TPSA) is 21.3 Å². The molecule has 0 aliphatic heterocycles. The van der Waals surface area contributed by atoms with Gasteiger partial charge in [-0.25, -0.2) is 0 Å². The summed E-state index contributed by atoms with van der Waals surface area (Å²) in [5.74, 6) is 0.734. The van der Waals surface area contributed by atoms with Crippen LogP contribution < -0.4 is 5.32 Å². The lowest BCUT2D eigenvalue weighted by Crippen LogP contribution is -2.32. The lowest BCUT2D eigenvalue weighted by molar-refractivity contribution is 0.0586. The normalized spacial score (nSPS) is 14.2. The van der Waals surface area contributed by atoms with E-state index in [9.17, 15) is 0 Å². The first-order valence-corrected chi connectivity index (χ1v) is 4.85. The van der Waals surface area contributed by atoms with Gasteiger partial charge in [-0.15, -0.1) is 0 Å². The molecule has 0 fully saturated rings. The van der Waals surface area contributed by atoms with Gasteiger partial charge in [-0.1, -0.05) is 13.8 Å². The van der Waals surface area contributed by atoms with Crippen molar-refractivity contribution in [3.63, 3.8) is 0 Å².